The number of phenolic OH excluding ortho intramolecular Hbond substituents is 1. The summed E-state index contributed by atoms with van der Waals surface area (Å²) < 4.78 is 1.96. The van der Waals surface area contributed by atoms with Gasteiger partial charge in [-0.25, -0.2) is 0 Å². The van der Waals surface area contributed by atoms with Crippen molar-refractivity contribution in [2.45, 2.75) is 6.42 Å². The number of hydrogen-bond donors (Lipinski definition) is 1. The summed E-state index contributed by atoms with van der Waals surface area (Å²) in [7, 11) is 1.93. The van der Waals surface area contributed by atoms with Crippen molar-refractivity contribution >= 4 is 10.9 Å². The largest absolute Gasteiger partial charge is 0.508 e. The summed E-state index contributed by atoms with van der Waals surface area (Å²) in [5, 5.41) is 18.9. The van der Waals surface area contributed by atoms with Crippen LogP contribution in [0, 0.1) is 11.3 Å². The van der Waals surface area contributed by atoms with Crippen LogP contribution in [0.15, 0.2) is 24.4 Å². The molecule has 0 saturated heterocycles. The van der Waals surface area contributed by atoms with Gasteiger partial charge in [0.2, 0.25) is 0 Å². The quantitative estimate of drug-likeness (QED) is 0.740. The summed E-state index contributed by atoms with van der Waals surface area (Å²) in [5.41, 5.74) is 1.99. The number of aromatic hydroxyl groups is 1. The van der Waals surface area contributed by atoms with Crippen molar-refractivity contribution in [3.05, 3.63) is 30.0 Å². The van der Waals surface area contributed by atoms with Gasteiger partial charge in [-0.05, 0) is 23.8 Å². The van der Waals surface area contributed by atoms with Gasteiger partial charge in [0.05, 0.1) is 12.5 Å². The Hall–Kier alpha value is -1.95. The van der Waals surface area contributed by atoms with Crippen molar-refractivity contribution in [1.82, 2.24) is 4.57 Å². The van der Waals surface area contributed by atoms with Crippen LogP contribution in [0.25, 0.3) is 10.9 Å². The van der Waals surface area contributed by atoms with E-state index >= 15 is 0 Å². The molecule has 70 valence electrons. The Balaban J connectivity index is 2.74. The van der Waals surface area contributed by atoms with Crippen LogP contribution < -0.4 is 0 Å². The molecule has 2 aromatic rings. The van der Waals surface area contributed by atoms with Gasteiger partial charge in [0.25, 0.3) is 0 Å². The number of nitrogens with zero attached hydrogens (tertiary/aromatic N) is 2. The molecule has 1 heterocycles. The molecular formula is C11H10N2O. The molecular weight excluding hydrogens is 176 g/mol. The molecule has 0 fully saturated rings. The Morgan fingerprint density at radius 2 is 2.29 bits per heavy atom. The fourth-order valence-electron chi connectivity index (χ4n) is 1.69. The van der Waals surface area contributed by atoms with Crippen molar-refractivity contribution in [2.75, 3.05) is 0 Å². The Morgan fingerprint density at radius 3 is 3.00 bits per heavy atom. The Morgan fingerprint density at radius 1 is 1.50 bits per heavy atom. The number of fused-ring (bicyclic) bond motifs is 1. The number of rotatable bonds is 1. The van der Waals surface area contributed by atoms with E-state index in [2.05, 4.69) is 6.07 Å². The molecule has 0 aliphatic heterocycles. The molecule has 0 aliphatic carbocycles. The van der Waals surface area contributed by atoms with Gasteiger partial charge in [0, 0.05) is 24.1 Å². The van der Waals surface area contributed by atoms with Gasteiger partial charge in [0.1, 0.15) is 5.75 Å². The van der Waals surface area contributed by atoms with Gasteiger partial charge in [-0.1, -0.05) is 0 Å². The highest BCUT2D eigenvalue weighted by molar-refractivity contribution is 5.85. The SMILES string of the molecule is Cn1cc(CC#N)c2cc(O)ccc21. The third kappa shape index (κ3) is 1.21. The smallest absolute Gasteiger partial charge is 0.116 e. The Labute approximate surface area is 81.8 Å². The van der Waals surface area contributed by atoms with E-state index in [0.29, 0.717) is 6.42 Å². The highest BCUT2D eigenvalue weighted by atomic mass is 16.3. The van der Waals surface area contributed by atoms with E-state index in [-0.39, 0.29) is 5.75 Å². The van der Waals surface area contributed by atoms with Crippen LogP contribution in [0.5, 0.6) is 5.75 Å². The first-order valence-corrected chi connectivity index (χ1v) is 4.36. The zero-order valence-corrected chi connectivity index (χ0v) is 7.86. The van der Waals surface area contributed by atoms with Gasteiger partial charge in [0.15, 0.2) is 0 Å². The minimum Gasteiger partial charge on any atom is -0.508 e. The lowest BCUT2D eigenvalue weighted by Crippen LogP contribution is -1.82. The predicted octanol–water partition coefficient (Wildman–Crippen LogP) is 1.95. The van der Waals surface area contributed by atoms with Crippen LogP contribution in [0.1, 0.15) is 5.56 Å². The lowest BCUT2D eigenvalue weighted by atomic mass is 10.1. The lowest BCUT2D eigenvalue weighted by Gasteiger charge is -1.96. The molecule has 0 unspecified atom stereocenters. The summed E-state index contributed by atoms with van der Waals surface area (Å²) in [6.45, 7) is 0. The number of phenols is 1. The molecule has 1 aromatic heterocycles. The van der Waals surface area contributed by atoms with Gasteiger partial charge < -0.3 is 9.67 Å². The summed E-state index contributed by atoms with van der Waals surface area (Å²) in [6.07, 6.45) is 2.30. The molecule has 0 spiro atoms. The summed E-state index contributed by atoms with van der Waals surface area (Å²) in [6, 6.07) is 7.31. The second kappa shape index (κ2) is 3.08. The number of hydrogen-bond acceptors (Lipinski definition) is 2. The highest BCUT2D eigenvalue weighted by Gasteiger charge is 2.06. The molecule has 0 radical (unpaired) electrons. The molecule has 3 nitrogen and oxygen atoms in total. The van der Waals surface area contributed by atoms with Crippen LogP contribution >= 0.6 is 0 Å². The third-order valence-electron chi connectivity index (χ3n) is 2.33. The van der Waals surface area contributed by atoms with Crippen LogP contribution in [0.2, 0.25) is 0 Å². The van der Waals surface area contributed by atoms with E-state index < -0.39 is 0 Å². The Bertz CT molecular complexity index is 520. The maximum atomic E-state index is 9.34. The minimum atomic E-state index is 0.239. The number of nitriles is 1. The first-order valence-electron chi connectivity index (χ1n) is 4.36. The second-order valence-electron chi connectivity index (χ2n) is 3.30. The summed E-state index contributed by atoms with van der Waals surface area (Å²) in [5.74, 6) is 0.239. The van der Waals surface area contributed by atoms with Crippen LogP contribution in [-0.2, 0) is 13.5 Å². The van der Waals surface area contributed by atoms with E-state index in [1.165, 1.54) is 0 Å². The Kier molecular flexibility index (Phi) is 1.90. The third-order valence-corrected chi connectivity index (χ3v) is 2.33. The maximum Gasteiger partial charge on any atom is 0.116 e. The number of aromatic nitrogens is 1. The van der Waals surface area contributed by atoms with Crippen LogP contribution in [0.3, 0.4) is 0 Å². The predicted molar refractivity (Wildman–Crippen MR) is 53.9 cm³/mol. The van der Waals surface area contributed by atoms with E-state index in [4.69, 9.17) is 5.26 Å². The number of aryl methyl sites for hydroxylation is 1. The van der Waals surface area contributed by atoms with E-state index in [1.54, 1.807) is 12.1 Å². The van der Waals surface area contributed by atoms with Gasteiger partial charge in [-0.2, -0.15) is 5.26 Å². The van der Waals surface area contributed by atoms with Crippen molar-refractivity contribution in [1.29, 1.82) is 5.26 Å². The van der Waals surface area contributed by atoms with Crippen molar-refractivity contribution < 1.29 is 5.11 Å². The molecule has 0 atom stereocenters. The van der Waals surface area contributed by atoms with E-state index in [1.807, 2.05) is 23.9 Å². The molecule has 0 amide bonds. The van der Waals surface area contributed by atoms with Crippen molar-refractivity contribution in [3.63, 3.8) is 0 Å². The van der Waals surface area contributed by atoms with Gasteiger partial charge in [-0.3, -0.25) is 0 Å². The van der Waals surface area contributed by atoms with E-state index in [9.17, 15) is 5.11 Å². The highest BCUT2D eigenvalue weighted by Crippen LogP contribution is 2.24. The second-order valence-corrected chi connectivity index (χ2v) is 3.30. The fourth-order valence-corrected chi connectivity index (χ4v) is 1.69. The van der Waals surface area contributed by atoms with Crippen molar-refractivity contribution in [3.8, 4) is 11.8 Å². The first kappa shape index (κ1) is 8.64. The average Bonchev–Trinajstić information content (AvgIpc) is 2.44. The molecule has 1 aromatic carbocycles. The first-order chi connectivity index (χ1) is 6.72. The van der Waals surface area contributed by atoms with Gasteiger partial charge in [-0.15, -0.1) is 0 Å². The molecule has 1 N–H and O–H groups in total. The summed E-state index contributed by atoms with van der Waals surface area (Å²) >= 11 is 0. The normalized spacial score (nSPS) is 10.3. The molecule has 0 saturated carbocycles. The maximum absolute atomic E-state index is 9.34. The molecule has 2 rings (SSSR count). The standard InChI is InChI=1S/C11H10N2O/c1-13-7-8(4-5-12)10-6-9(14)2-3-11(10)13/h2-3,6-7,14H,4H2,1H3. The fraction of sp³-hybridized carbons (Fsp3) is 0.182. The minimum absolute atomic E-state index is 0.239. The van der Waals surface area contributed by atoms with Crippen LogP contribution in [0.4, 0.5) is 0 Å². The van der Waals surface area contributed by atoms with Gasteiger partial charge >= 0.3 is 0 Å². The molecule has 0 bridgehead atoms. The molecule has 3 heteroatoms. The van der Waals surface area contributed by atoms with Crippen molar-refractivity contribution in [2.24, 2.45) is 7.05 Å². The van der Waals surface area contributed by atoms with E-state index in [0.717, 1.165) is 16.5 Å². The number of benzene rings is 1. The van der Waals surface area contributed by atoms with Crippen LogP contribution in [-0.4, -0.2) is 9.67 Å². The zero-order chi connectivity index (χ0) is 10.1. The monoisotopic (exact) mass is 186 g/mol. The topological polar surface area (TPSA) is 49.0 Å². The lowest BCUT2D eigenvalue weighted by molar-refractivity contribution is 0.476. The average molecular weight is 186 g/mol. The summed E-state index contributed by atoms with van der Waals surface area (Å²) in [4.78, 5) is 0. The molecule has 0 aliphatic rings. The molecule has 14 heavy (non-hydrogen) atoms. The zero-order valence-electron chi connectivity index (χ0n) is 7.86.